The fourth-order valence-electron chi connectivity index (χ4n) is 3.49. The van der Waals surface area contributed by atoms with E-state index in [1.807, 2.05) is 0 Å². The van der Waals surface area contributed by atoms with Gasteiger partial charge in [0.05, 0.1) is 11.4 Å². The normalized spacial score (nSPS) is 14.8. The molecule has 1 saturated carbocycles. The summed E-state index contributed by atoms with van der Waals surface area (Å²) in [6.07, 6.45) is 8.65. The second kappa shape index (κ2) is 10.4. The Morgan fingerprint density at radius 1 is 1.27 bits per heavy atom. The predicted octanol–water partition coefficient (Wildman–Crippen LogP) is 4.23. The molecule has 30 heavy (non-hydrogen) atoms. The van der Waals surface area contributed by atoms with Crippen molar-refractivity contribution in [2.24, 2.45) is 5.92 Å². The summed E-state index contributed by atoms with van der Waals surface area (Å²) in [4.78, 5) is 23.8. The third-order valence-electron chi connectivity index (χ3n) is 5.16. The lowest BCUT2D eigenvalue weighted by atomic mass is 9.89. The van der Waals surface area contributed by atoms with E-state index in [1.54, 1.807) is 19.1 Å². The highest BCUT2D eigenvalue weighted by Gasteiger charge is 2.15. The fraction of sp³-hybridized carbons (Fsp3) is 0.409. The molecular weight excluding hydrogens is 409 g/mol. The topological polar surface area (TPSA) is 73.2 Å². The van der Waals surface area contributed by atoms with E-state index in [0.29, 0.717) is 29.4 Å². The van der Waals surface area contributed by atoms with E-state index >= 15 is 0 Å². The molecule has 6 nitrogen and oxygen atoms in total. The minimum atomic E-state index is -0.646. The van der Waals surface area contributed by atoms with Crippen LogP contribution in [0.5, 0.6) is 0 Å². The van der Waals surface area contributed by atoms with Gasteiger partial charge >= 0.3 is 5.97 Å². The van der Waals surface area contributed by atoms with Gasteiger partial charge in [-0.1, -0.05) is 30.9 Å². The van der Waals surface area contributed by atoms with Gasteiger partial charge in [-0.05, 0) is 56.0 Å². The molecule has 0 unspecified atom stereocenters. The third-order valence-corrected chi connectivity index (χ3v) is 5.53. The number of hydrogen-bond acceptors (Lipinski definition) is 4. The molecule has 0 radical (unpaired) electrons. The zero-order chi connectivity index (χ0) is 21.5. The molecule has 0 spiro atoms. The highest BCUT2D eigenvalue weighted by atomic mass is 35.5. The van der Waals surface area contributed by atoms with Crippen LogP contribution in [0.1, 0.15) is 43.4 Å². The number of esters is 1. The largest absolute Gasteiger partial charge is 0.452 e. The van der Waals surface area contributed by atoms with Gasteiger partial charge in [-0.2, -0.15) is 5.10 Å². The average Bonchev–Trinajstić information content (AvgIpc) is 3.04. The molecule has 0 bridgehead atoms. The number of rotatable bonds is 7. The molecule has 1 N–H and O–H groups in total. The maximum Gasteiger partial charge on any atom is 0.331 e. The number of carbonyl (C=O) groups excluding carboxylic acids is 2. The Hall–Kier alpha value is -2.67. The van der Waals surface area contributed by atoms with Gasteiger partial charge in [-0.25, -0.2) is 13.9 Å². The number of aryl methyl sites for hydroxylation is 1. The van der Waals surface area contributed by atoms with E-state index in [1.165, 1.54) is 48.2 Å². The Balaban J connectivity index is 1.52. The van der Waals surface area contributed by atoms with Crippen LogP contribution >= 0.6 is 11.6 Å². The summed E-state index contributed by atoms with van der Waals surface area (Å²) in [5, 5.41) is 7.44. The minimum Gasteiger partial charge on any atom is -0.452 e. The number of nitrogens with zero attached hydrogens (tertiary/aromatic N) is 2. The number of carbonyl (C=O) groups is 2. The third kappa shape index (κ3) is 5.92. The average molecular weight is 434 g/mol. The van der Waals surface area contributed by atoms with Crippen molar-refractivity contribution in [2.45, 2.75) is 39.0 Å². The number of amides is 1. The van der Waals surface area contributed by atoms with Crippen LogP contribution in [0.3, 0.4) is 0 Å². The molecule has 160 valence electrons. The Bertz CT molecular complexity index is 918. The quantitative estimate of drug-likeness (QED) is 0.524. The maximum atomic E-state index is 13.1. The molecule has 8 heteroatoms. The standard InChI is InChI=1S/C22H25ClFN3O3/c1-15-19(22(23)27(26-15)18-9-7-17(24)8-10-18)11-12-21(29)30-14-20(28)25-13-16-5-3-2-4-6-16/h7-12,16H,2-6,13-14H2,1H3,(H,25,28)/b12-11+. The summed E-state index contributed by atoms with van der Waals surface area (Å²) in [5.41, 5.74) is 1.74. The molecule has 1 fully saturated rings. The van der Waals surface area contributed by atoms with E-state index in [9.17, 15) is 14.0 Å². The number of nitrogens with one attached hydrogen (secondary N) is 1. The van der Waals surface area contributed by atoms with E-state index in [4.69, 9.17) is 16.3 Å². The second-order valence-electron chi connectivity index (χ2n) is 7.43. The SMILES string of the molecule is Cc1nn(-c2ccc(F)cc2)c(Cl)c1/C=C/C(=O)OCC(=O)NCC1CCCCC1. The molecule has 1 aromatic carbocycles. The van der Waals surface area contributed by atoms with Gasteiger partial charge in [0.1, 0.15) is 11.0 Å². The van der Waals surface area contributed by atoms with Crippen LogP contribution in [0.15, 0.2) is 30.3 Å². The lowest BCUT2D eigenvalue weighted by molar-refractivity contribution is -0.143. The molecule has 1 amide bonds. The van der Waals surface area contributed by atoms with E-state index in [2.05, 4.69) is 10.4 Å². The van der Waals surface area contributed by atoms with Crippen molar-refractivity contribution in [1.82, 2.24) is 15.1 Å². The molecule has 1 aliphatic rings. The molecule has 3 rings (SSSR count). The predicted molar refractivity (Wildman–Crippen MR) is 113 cm³/mol. The zero-order valence-electron chi connectivity index (χ0n) is 16.9. The Morgan fingerprint density at radius 2 is 1.97 bits per heavy atom. The molecule has 0 aliphatic heterocycles. The van der Waals surface area contributed by atoms with Crippen LogP contribution in [0, 0.1) is 18.7 Å². The number of hydrogen-bond donors (Lipinski definition) is 1. The van der Waals surface area contributed by atoms with Crippen LogP contribution in [-0.4, -0.2) is 34.8 Å². The number of benzene rings is 1. The van der Waals surface area contributed by atoms with Crippen molar-refractivity contribution in [3.63, 3.8) is 0 Å². The van der Waals surface area contributed by atoms with E-state index < -0.39 is 5.97 Å². The monoisotopic (exact) mass is 433 g/mol. The molecular formula is C22H25ClFN3O3. The Labute approximate surface area is 180 Å². The zero-order valence-corrected chi connectivity index (χ0v) is 17.6. The van der Waals surface area contributed by atoms with Crippen LogP contribution in [0.2, 0.25) is 5.15 Å². The van der Waals surface area contributed by atoms with Crippen molar-refractivity contribution in [3.05, 3.63) is 52.6 Å². The van der Waals surface area contributed by atoms with E-state index in [-0.39, 0.29) is 23.5 Å². The first kappa shape index (κ1) is 22.0. The molecule has 0 atom stereocenters. The van der Waals surface area contributed by atoms with Crippen molar-refractivity contribution in [1.29, 1.82) is 0 Å². The van der Waals surface area contributed by atoms with Gasteiger partial charge in [-0.15, -0.1) is 0 Å². The first-order valence-electron chi connectivity index (χ1n) is 10.1. The Kier molecular flexibility index (Phi) is 7.63. The fourth-order valence-corrected chi connectivity index (χ4v) is 3.83. The summed E-state index contributed by atoms with van der Waals surface area (Å²) < 4.78 is 19.6. The lowest BCUT2D eigenvalue weighted by Gasteiger charge is -2.21. The highest BCUT2D eigenvalue weighted by molar-refractivity contribution is 6.31. The van der Waals surface area contributed by atoms with Gasteiger partial charge in [0, 0.05) is 18.2 Å². The smallest absolute Gasteiger partial charge is 0.331 e. The van der Waals surface area contributed by atoms with Gasteiger partial charge in [0.2, 0.25) is 0 Å². The van der Waals surface area contributed by atoms with Gasteiger partial charge < -0.3 is 10.1 Å². The number of ether oxygens (including phenoxy) is 1. The summed E-state index contributed by atoms with van der Waals surface area (Å²) >= 11 is 6.37. The van der Waals surface area contributed by atoms with Crippen LogP contribution < -0.4 is 5.32 Å². The number of aromatic nitrogens is 2. The maximum absolute atomic E-state index is 13.1. The molecule has 2 aromatic rings. The summed E-state index contributed by atoms with van der Waals surface area (Å²) in [6.45, 7) is 2.05. The van der Waals surface area contributed by atoms with Gasteiger partial charge in [-0.3, -0.25) is 4.79 Å². The first-order valence-corrected chi connectivity index (χ1v) is 10.4. The summed E-state index contributed by atoms with van der Waals surface area (Å²) in [5.74, 6) is -0.793. The number of halogens is 2. The summed E-state index contributed by atoms with van der Waals surface area (Å²) in [7, 11) is 0. The summed E-state index contributed by atoms with van der Waals surface area (Å²) in [6, 6.07) is 5.74. The second-order valence-corrected chi connectivity index (χ2v) is 7.79. The van der Waals surface area contributed by atoms with Gasteiger partial charge in [0.25, 0.3) is 5.91 Å². The lowest BCUT2D eigenvalue weighted by Crippen LogP contribution is -2.33. The molecule has 1 heterocycles. The highest BCUT2D eigenvalue weighted by Crippen LogP contribution is 2.25. The van der Waals surface area contributed by atoms with Crippen molar-refractivity contribution in [3.8, 4) is 5.69 Å². The minimum absolute atomic E-state index is 0.286. The molecule has 1 aromatic heterocycles. The van der Waals surface area contributed by atoms with Crippen LogP contribution in [-0.2, 0) is 14.3 Å². The molecule has 0 saturated heterocycles. The van der Waals surface area contributed by atoms with Crippen molar-refractivity contribution >= 4 is 29.6 Å². The first-order chi connectivity index (χ1) is 14.4. The van der Waals surface area contributed by atoms with Gasteiger partial charge in [0.15, 0.2) is 6.61 Å². The van der Waals surface area contributed by atoms with Crippen LogP contribution in [0.4, 0.5) is 4.39 Å². The Morgan fingerprint density at radius 3 is 2.67 bits per heavy atom. The van der Waals surface area contributed by atoms with Crippen molar-refractivity contribution < 1.29 is 18.7 Å². The van der Waals surface area contributed by atoms with Crippen LogP contribution in [0.25, 0.3) is 11.8 Å². The van der Waals surface area contributed by atoms with E-state index in [0.717, 1.165) is 12.8 Å². The van der Waals surface area contributed by atoms with Crippen molar-refractivity contribution in [2.75, 3.05) is 13.2 Å². The molecule has 1 aliphatic carbocycles.